The molecule has 1 aliphatic heterocycles. The third-order valence-corrected chi connectivity index (χ3v) is 4.49. The van der Waals surface area contributed by atoms with Crippen LogP contribution in [0.4, 0.5) is 0 Å². The molecule has 1 saturated carbocycles. The summed E-state index contributed by atoms with van der Waals surface area (Å²) in [4.78, 5) is 12.2. The molecular formula is C13H24N2O2. The minimum atomic E-state index is -0.169. The van der Waals surface area contributed by atoms with Crippen molar-refractivity contribution in [3.05, 3.63) is 0 Å². The zero-order chi connectivity index (χ0) is 12.3. The van der Waals surface area contributed by atoms with Gasteiger partial charge in [0.25, 0.3) is 0 Å². The first-order valence-electron chi connectivity index (χ1n) is 6.78. The van der Waals surface area contributed by atoms with Gasteiger partial charge in [0.2, 0.25) is 5.91 Å². The Morgan fingerprint density at radius 3 is 2.88 bits per heavy atom. The fraction of sp³-hybridized carbons (Fsp3) is 0.923. The highest BCUT2D eigenvalue weighted by atomic mass is 16.5. The van der Waals surface area contributed by atoms with Crippen LogP contribution < -0.4 is 11.1 Å². The number of nitrogens with two attached hydrogens (primary N) is 1. The van der Waals surface area contributed by atoms with Crippen molar-refractivity contribution in [1.29, 1.82) is 0 Å². The Kier molecular flexibility index (Phi) is 4.05. The quantitative estimate of drug-likeness (QED) is 0.775. The van der Waals surface area contributed by atoms with Gasteiger partial charge in [-0.2, -0.15) is 0 Å². The van der Waals surface area contributed by atoms with Crippen molar-refractivity contribution in [2.45, 2.75) is 44.6 Å². The van der Waals surface area contributed by atoms with Crippen LogP contribution in [-0.2, 0) is 9.53 Å². The van der Waals surface area contributed by atoms with Crippen molar-refractivity contribution in [3.8, 4) is 0 Å². The third-order valence-electron chi connectivity index (χ3n) is 4.49. The van der Waals surface area contributed by atoms with Gasteiger partial charge in [0.1, 0.15) is 0 Å². The van der Waals surface area contributed by atoms with E-state index in [2.05, 4.69) is 12.2 Å². The van der Waals surface area contributed by atoms with Gasteiger partial charge in [-0.3, -0.25) is 4.79 Å². The lowest BCUT2D eigenvalue weighted by molar-refractivity contribution is -0.128. The first-order valence-corrected chi connectivity index (χ1v) is 6.78. The van der Waals surface area contributed by atoms with Gasteiger partial charge in [-0.05, 0) is 25.2 Å². The molecule has 3 N–H and O–H groups in total. The molecule has 1 aliphatic carbocycles. The second kappa shape index (κ2) is 5.36. The van der Waals surface area contributed by atoms with Crippen LogP contribution in [0.3, 0.4) is 0 Å². The number of amides is 1. The van der Waals surface area contributed by atoms with E-state index in [9.17, 15) is 4.79 Å². The second-order valence-corrected chi connectivity index (χ2v) is 5.56. The molecule has 2 rings (SSSR count). The SMILES string of the molecule is CC1CCCCC1(CN)NC(=O)C1CCOC1. The lowest BCUT2D eigenvalue weighted by Crippen LogP contribution is -2.60. The molecule has 3 unspecified atom stereocenters. The molecule has 0 aromatic carbocycles. The molecule has 2 aliphatic rings. The maximum Gasteiger partial charge on any atom is 0.226 e. The summed E-state index contributed by atoms with van der Waals surface area (Å²) >= 11 is 0. The number of carbonyl (C=O) groups excluding carboxylic acids is 1. The first-order chi connectivity index (χ1) is 8.18. The van der Waals surface area contributed by atoms with E-state index in [-0.39, 0.29) is 17.4 Å². The van der Waals surface area contributed by atoms with Crippen molar-refractivity contribution in [3.63, 3.8) is 0 Å². The first kappa shape index (κ1) is 12.8. The Morgan fingerprint density at radius 2 is 2.29 bits per heavy atom. The highest BCUT2D eigenvalue weighted by Crippen LogP contribution is 2.33. The summed E-state index contributed by atoms with van der Waals surface area (Å²) in [7, 11) is 0. The van der Waals surface area contributed by atoms with Gasteiger partial charge in [-0.15, -0.1) is 0 Å². The molecule has 1 heterocycles. The summed E-state index contributed by atoms with van der Waals surface area (Å²) in [6.07, 6.45) is 5.46. The Balaban J connectivity index is 1.99. The molecule has 0 spiro atoms. The summed E-state index contributed by atoms with van der Waals surface area (Å²) < 4.78 is 5.27. The number of ether oxygens (including phenoxy) is 1. The van der Waals surface area contributed by atoms with Crippen LogP contribution in [-0.4, -0.2) is 31.2 Å². The van der Waals surface area contributed by atoms with Crippen LogP contribution in [0, 0.1) is 11.8 Å². The minimum Gasteiger partial charge on any atom is -0.381 e. The summed E-state index contributed by atoms with van der Waals surface area (Å²) in [6, 6.07) is 0. The van der Waals surface area contributed by atoms with Gasteiger partial charge in [0.05, 0.1) is 18.1 Å². The number of rotatable bonds is 3. The Labute approximate surface area is 103 Å². The van der Waals surface area contributed by atoms with Crippen molar-refractivity contribution in [1.82, 2.24) is 5.32 Å². The highest BCUT2D eigenvalue weighted by Gasteiger charge is 2.39. The molecule has 0 bridgehead atoms. The fourth-order valence-electron chi connectivity index (χ4n) is 3.04. The molecule has 4 heteroatoms. The number of carbonyl (C=O) groups is 1. The van der Waals surface area contributed by atoms with E-state index < -0.39 is 0 Å². The average molecular weight is 240 g/mol. The smallest absolute Gasteiger partial charge is 0.226 e. The van der Waals surface area contributed by atoms with E-state index >= 15 is 0 Å². The third kappa shape index (κ3) is 2.63. The molecule has 1 saturated heterocycles. The van der Waals surface area contributed by atoms with Crippen LogP contribution >= 0.6 is 0 Å². The maximum atomic E-state index is 12.2. The van der Waals surface area contributed by atoms with Crippen LogP contribution in [0.1, 0.15) is 39.0 Å². The second-order valence-electron chi connectivity index (χ2n) is 5.56. The standard InChI is InChI=1S/C13H24N2O2/c1-10-4-2-3-6-13(10,9-14)15-12(16)11-5-7-17-8-11/h10-11H,2-9,14H2,1H3,(H,15,16). The monoisotopic (exact) mass is 240 g/mol. The number of nitrogens with one attached hydrogen (secondary N) is 1. The molecule has 0 aromatic rings. The number of hydrogen-bond donors (Lipinski definition) is 2. The van der Waals surface area contributed by atoms with Crippen LogP contribution in [0.5, 0.6) is 0 Å². The fourth-order valence-corrected chi connectivity index (χ4v) is 3.04. The molecule has 0 radical (unpaired) electrons. The van der Waals surface area contributed by atoms with E-state index in [0.717, 1.165) is 12.8 Å². The lowest BCUT2D eigenvalue weighted by Gasteiger charge is -2.43. The lowest BCUT2D eigenvalue weighted by atomic mass is 9.73. The molecule has 98 valence electrons. The predicted octanol–water partition coefficient (Wildman–Crippen LogP) is 1.05. The largest absolute Gasteiger partial charge is 0.381 e. The summed E-state index contributed by atoms with van der Waals surface area (Å²) in [5.41, 5.74) is 5.76. The van der Waals surface area contributed by atoms with Crippen LogP contribution in [0.15, 0.2) is 0 Å². The zero-order valence-corrected chi connectivity index (χ0v) is 10.7. The summed E-state index contributed by atoms with van der Waals surface area (Å²) in [5.74, 6) is 0.654. The minimum absolute atomic E-state index is 0.0348. The molecule has 1 amide bonds. The molecule has 0 aromatic heterocycles. The van der Waals surface area contributed by atoms with Gasteiger partial charge >= 0.3 is 0 Å². The molecule has 17 heavy (non-hydrogen) atoms. The topological polar surface area (TPSA) is 64.3 Å². The molecule has 3 atom stereocenters. The van der Waals surface area contributed by atoms with E-state index in [4.69, 9.17) is 10.5 Å². The Bertz CT molecular complexity index is 277. The number of hydrogen-bond acceptors (Lipinski definition) is 3. The van der Waals surface area contributed by atoms with Gasteiger partial charge in [0, 0.05) is 13.2 Å². The van der Waals surface area contributed by atoms with Crippen molar-refractivity contribution < 1.29 is 9.53 Å². The van der Waals surface area contributed by atoms with Gasteiger partial charge in [0.15, 0.2) is 0 Å². The predicted molar refractivity (Wildman–Crippen MR) is 66.5 cm³/mol. The van der Waals surface area contributed by atoms with E-state index in [1.165, 1.54) is 19.3 Å². The highest BCUT2D eigenvalue weighted by molar-refractivity contribution is 5.80. The van der Waals surface area contributed by atoms with E-state index in [0.29, 0.717) is 25.7 Å². The molecule has 4 nitrogen and oxygen atoms in total. The van der Waals surface area contributed by atoms with E-state index in [1.54, 1.807) is 0 Å². The summed E-state index contributed by atoms with van der Waals surface area (Å²) in [5, 5.41) is 3.23. The summed E-state index contributed by atoms with van der Waals surface area (Å²) in [6.45, 7) is 4.04. The van der Waals surface area contributed by atoms with Crippen molar-refractivity contribution in [2.75, 3.05) is 19.8 Å². The molecule has 2 fully saturated rings. The van der Waals surface area contributed by atoms with Gasteiger partial charge < -0.3 is 15.8 Å². The normalized spacial score (nSPS) is 38.0. The average Bonchev–Trinajstić information content (AvgIpc) is 2.86. The van der Waals surface area contributed by atoms with Gasteiger partial charge in [-0.25, -0.2) is 0 Å². The maximum absolute atomic E-state index is 12.2. The zero-order valence-electron chi connectivity index (χ0n) is 10.7. The van der Waals surface area contributed by atoms with Crippen LogP contribution in [0.25, 0.3) is 0 Å². The van der Waals surface area contributed by atoms with E-state index in [1.807, 2.05) is 0 Å². The van der Waals surface area contributed by atoms with Crippen molar-refractivity contribution in [2.24, 2.45) is 17.6 Å². The molecular weight excluding hydrogens is 216 g/mol. The van der Waals surface area contributed by atoms with Gasteiger partial charge in [-0.1, -0.05) is 19.8 Å². The van der Waals surface area contributed by atoms with Crippen molar-refractivity contribution >= 4 is 5.91 Å². The van der Waals surface area contributed by atoms with Crippen LogP contribution in [0.2, 0.25) is 0 Å². The Hall–Kier alpha value is -0.610. The Morgan fingerprint density at radius 1 is 1.47 bits per heavy atom.